The molecule has 0 bridgehead atoms. The van der Waals surface area contributed by atoms with E-state index in [0.717, 1.165) is 48.6 Å². The molecule has 30 heavy (non-hydrogen) atoms. The Bertz CT molecular complexity index is 1090. The van der Waals surface area contributed by atoms with Crippen molar-refractivity contribution in [2.24, 2.45) is 0 Å². The van der Waals surface area contributed by atoms with Gasteiger partial charge in [-0.3, -0.25) is 9.78 Å². The van der Waals surface area contributed by atoms with Crippen LogP contribution in [0.25, 0.3) is 11.4 Å². The van der Waals surface area contributed by atoms with Gasteiger partial charge in [0.1, 0.15) is 5.82 Å². The second-order valence-corrected chi connectivity index (χ2v) is 7.19. The van der Waals surface area contributed by atoms with Gasteiger partial charge in [0.15, 0.2) is 5.82 Å². The first-order valence-electron chi connectivity index (χ1n) is 10.1. The van der Waals surface area contributed by atoms with E-state index in [1.54, 1.807) is 0 Å². The Balaban J connectivity index is 1.45. The van der Waals surface area contributed by atoms with Gasteiger partial charge in [-0.2, -0.15) is 4.98 Å². The molecule has 1 saturated heterocycles. The van der Waals surface area contributed by atoms with Crippen LogP contribution >= 0.6 is 0 Å². The van der Waals surface area contributed by atoms with Crippen LogP contribution in [0.15, 0.2) is 41.3 Å². The van der Waals surface area contributed by atoms with Crippen molar-refractivity contribution in [2.75, 3.05) is 43.1 Å². The Kier molecular flexibility index (Phi) is 5.02. The summed E-state index contributed by atoms with van der Waals surface area (Å²) in [5, 5.41) is 3.08. The summed E-state index contributed by atoms with van der Waals surface area (Å²) in [6, 6.07) is 9.06. The smallest absolute Gasteiger partial charge is 0.252 e. The van der Waals surface area contributed by atoms with Gasteiger partial charge in [0.2, 0.25) is 11.8 Å². The van der Waals surface area contributed by atoms with E-state index >= 15 is 0 Å². The van der Waals surface area contributed by atoms with Gasteiger partial charge >= 0.3 is 0 Å². The zero-order chi connectivity index (χ0) is 20.3. The Morgan fingerprint density at radius 3 is 2.67 bits per heavy atom. The highest BCUT2D eigenvalue weighted by Gasteiger charge is 2.24. The van der Waals surface area contributed by atoms with Crippen LogP contribution in [0.1, 0.15) is 12.0 Å². The summed E-state index contributed by atoms with van der Waals surface area (Å²) >= 11 is 0. The number of benzene rings is 1. The molecule has 1 aromatic carbocycles. The van der Waals surface area contributed by atoms with E-state index in [-0.39, 0.29) is 5.56 Å². The molecule has 4 heterocycles. The summed E-state index contributed by atoms with van der Waals surface area (Å²) in [6.07, 6.45) is 3.36. The zero-order valence-corrected chi connectivity index (χ0v) is 16.4. The molecule has 154 valence electrons. The lowest BCUT2D eigenvalue weighted by Crippen LogP contribution is -2.38. The molecular formula is C21H22N6O3. The van der Waals surface area contributed by atoms with E-state index < -0.39 is 0 Å². The van der Waals surface area contributed by atoms with Gasteiger partial charge in [-0.15, -0.1) is 0 Å². The van der Waals surface area contributed by atoms with Gasteiger partial charge in [0.05, 0.1) is 25.4 Å². The van der Waals surface area contributed by atoms with Crippen LogP contribution in [-0.4, -0.2) is 52.8 Å². The highest BCUT2D eigenvalue weighted by atomic mass is 16.5. The largest absolute Gasteiger partial charge is 0.477 e. The van der Waals surface area contributed by atoms with Gasteiger partial charge < -0.3 is 19.7 Å². The number of aromatic amines is 1. The minimum atomic E-state index is -0.206. The predicted octanol–water partition coefficient (Wildman–Crippen LogP) is 2.13. The summed E-state index contributed by atoms with van der Waals surface area (Å²) in [6.45, 7) is 3.70. The molecule has 3 aromatic rings. The first kappa shape index (κ1) is 18.6. The highest BCUT2D eigenvalue weighted by molar-refractivity contribution is 5.66. The molecule has 2 aliphatic heterocycles. The quantitative estimate of drug-likeness (QED) is 0.679. The van der Waals surface area contributed by atoms with Crippen molar-refractivity contribution in [2.45, 2.75) is 12.8 Å². The van der Waals surface area contributed by atoms with Crippen LogP contribution in [0, 0.1) is 0 Å². The Morgan fingerprint density at radius 2 is 1.87 bits per heavy atom. The van der Waals surface area contributed by atoms with E-state index in [1.165, 1.54) is 12.3 Å². The number of ether oxygens (including phenoxy) is 2. The van der Waals surface area contributed by atoms with E-state index in [0.29, 0.717) is 37.5 Å². The molecule has 9 heteroatoms. The molecule has 0 saturated carbocycles. The van der Waals surface area contributed by atoms with Gasteiger partial charge in [-0.25, -0.2) is 9.97 Å². The number of aromatic nitrogens is 4. The minimum Gasteiger partial charge on any atom is -0.477 e. The fourth-order valence-electron chi connectivity index (χ4n) is 3.65. The van der Waals surface area contributed by atoms with E-state index in [4.69, 9.17) is 19.4 Å². The molecule has 0 aliphatic carbocycles. The van der Waals surface area contributed by atoms with E-state index in [2.05, 4.69) is 20.2 Å². The lowest BCUT2D eigenvalue weighted by molar-refractivity contribution is 0.122. The number of rotatable bonds is 4. The third kappa shape index (κ3) is 3.84. The molecule has 2 aromatic heterocycles. The lowest BCUT2D eigenvalue weighted by Gasteiger charge is -2.31. The molecule has 0 atom stereocenters. The summed E-state index contributed by atoms with van der Waals surface area (Å²) in [4.78, 5) is 30.0. The maximum atomic E-state index is 11.4. The number of fused-ring (bicyclic) bond motifs is 1. The first-order valence-corrected chi connectivity index (χ1v) is 10.1. The van der Waals surface area contributed by atoms with Crippen LogP contribution in [0.2, 0.25) is 0 Å². The number of H-pyrrole nitrogens is 1. The standard InChI is InChI=1S/C21H22N6O3/c28-17-7-8-22-21(24-17)23-15-5-3-14(4-6-15)18-25-19(27-9-12-29-13-10-27)16-2-1-11-30-20(16)26-18/h3-8H,1-2,9-13H2,(H2,22,23,24,28). The second-order valence-electron chi connectivity index (χ2n) is 7.19. The molecule has 2 aliphatic rings. The first-order chi connectivity index (χ1) is 14.8. The molecule has 0 unspecified atom stereocenters. The van der Waals surface area contributed by atoms with E-state index in [1.807, 2.05) is 24.3 Å². The summed E-state index contributed by atoms with van der Waals surface area (Å²) < 4.78 is 11.4. The van der Waals surface area contributed by atoms with Crippen molar-refractivity contribution in [1.29, 1.82) is 0 Å². The summed E-state index contributed by atoms with van der Waals surface area (Å²) in [7, 11) is 0. The van der Waals surface area contributed by atoms with Gasteiger partial charge in [0.25, 0.3) is 5.56 Å². The number of anilines is 3. The fourth-order valence-corrected chi connectivity index (χ4v) is 3.65. The topological polar surface area (TPSA) is 105 Å². The van der Waals surface area contributed by atoms with Crippen LogP contribution in [-0.2, 0) is 11.2 Å². The van der Waals surface area contributed by atoms with Crippen LogP contribution in [0.5, 0.6) is 5.88 Å². The Hall–Kier alpha value is -3.46. The number of nitrogens with one attached hydrogen (secondary N) is 2. The van der Waals surface area contributed by atoms with Crippen molar-refractivity contribution < 1.29 is 9.47 Å². The SMILES string of the molecule is O=c1ccnc(Nc2ccc(-c3nc4c(c(N5CCOCC5)n3)CCCO4)cc2)[nH]1. The maximum Gasteiger partial charge on any atom is 0.252 e. The monoisotopic (exact) mass is 406 g/mol. The van der Waals surface area contributed by atoms with Crippen LogP contribution < -0.4 is 20.5 Å². The van der Waals surface area contributed by atoms with Gasteiger partial charge in [-0.05, 0) is 37.1 Å². The predicted molar refractivity (Wildman–Crippen MR) is 112 cm³/mol. The molecule has 0 amide bonds. The van der Waals surface area contributed by atoms with Crippen molar-refractivity contribution in [3.63, 3.8) is 0 Å². The van der Waals surface area contributed by atoms with Crippen molar-refractivity contribution >= 4 is 17.5 Å². The Labute approximate surface area is 173 Å². The van der Waals surface area contributed by atoms with Crippen molar-refractivity contribution in [3.8, 4) is 17.3 Å². The number of nitrogens with zero attached hydrogens (tertiary/aromatic N) is 4. The lowest BCUT2D eigenvalue weighted by atomic mass is 10.1. The van der Waals surface area contributed by atoms with Crippen LogP contribution in [0.3, 0.4) is 0 Å². The third-order valence-corrected chi connectivity index (χ3v) is 5.14. The zero-order valence-electron chi connectivity index (χ0n) is 16.4. The number of hydrogen-bond donors (Lipinski definition) is 2. The highest BCUT2D eigenvalue weighted by Crippen LogP contribution is 2.34. The molecule has 2 N–H and O–H groups in total. The maximum absolute atomic E-state index is 11.4. The average Bonchev–Trinajstić information content (AvgIpc) is 2.79. The molecule has 0 radical (unpaired) electrons. The Morgan fingerprint density at radius 1 is 1.03 bits per heavy atom. The van der Waals surface area contributed by atoms with Crippen molar-refractivity contribution in [1.82, 2.24) is 19.9 Å². The van der Waals surface area contributed by atoms with Crippen LogP contribution in [0.4, 0.5) is 17.5 Å². The average molecular weight is 406 g/mol. The normalized spacial score (nSPS) is 15.9. The fraction of sp³-hybridized carbons (Fsp3) is 0.333. The number of morpholine rings is 1. The second kappa shape index (κ2) is 8.11. The third-order valence-electron chi connectivity index (χ3n) is 5.14. The van der Waals surface area contributed by atoms with Gasteiger partial charge in [0, 0.05) is 36.6 Å². The minimum absolute atomic E-state index is 0.206. The van der Waals surface area contributed by atoms with E-state index in [9.17, 15) is 4.79 Å². The molecule has 1 fully saturated rings. The molecule has 0 spiro atoms. The van der Waals surface area contributed by atoms with Crippen molar-refractivity contribution in [3.05, 3.63) is 52.4 Å². The molecule has 5 rings (SSSR count). The molecular weight excluding hydrogens is 384 g/mol. The van der Waals surface area contributed by atoms with Gasteiger partial charge in [-0.1, -0.05) is 0 Å². The number of hydrogen-bond acceptors (Lipinski definition) is 8. The summed E-state index contributed by atoms with van der Waals surface area (Å²) in [5.41, 5.74) is 2.57. The molecule has 9 nitrogen and oxygen atoms in total. The summed E-state index contributed by atoms with van der Waals surface area (Å²) in [5.74, 6) is 2.66.